The third-order valence-electron chi connectivity index (χ3n) is 4.85. The molecule has 1 aromatic heterocycles. The Morgan fingerprint density at radius 1 is 1.03 bits per heavy atom. The van der Waals surface area contributed by atoms with Gasteiger partial charge in [0.25, 0.3) is 0 Å². The van der Waals surface area contributed by atoms with Crippen molar-refractivity contribution in [2.75, 3.05) is 32.8 Å². The monoisotopic (exact) mass is 392 g/mol. The van der Waals surface area contributed by atoms with Gasteiger partial charge in [0.15, 0.2) is 0 Å². The lowest BCUT2D eigenvalue weighted by molar-refractivity contribution is -0.123. The Morgan fingerprint density at radius 2 is 1.72 bits per heavy atom. The molecule has 1 amide bonds. The highest BCUT2D eigenvalue weighted by molar-refractivity contribution is 5.76. The summed E-state index contributed by atoms with van der Waals surface area (Å²) in [5.41, 5.74) is 1.94. The lowest BCUT2D eigenvalue weighted by Gasteiger charge is -2.31. The normalized spacial score (nSPS) is 15.7. The number of carbonyl (C=O) groups is 1. The van der Waals surface area contributed by atoms with Crippen LogP contribution in [0.5, 0.6) is 0 Å². The largest absolute Gasteiger partial charge is 0.379 e. The molecule has 1 atom stereocenters. The van der Waals surface area contributed by atoms with Crippen molar-refractivity contribution in [2.45, 2.75) is 12.6 Å². The Morgan fingerprint density at radius 3 is 2.45 bits per heavy atom. The van der Waals surface area contributed by atoms with Crippen LogP contribution in [0.2, 0.25) is 0 Å². The van der Waals surface area contributed by atoms with Crippen molar-refractivity contribution in [1.82, 2.24) is 30.4 Å². The SMILES string of the molecule is O=C(Cn1nnc(-c2ccccc2)n1)NC(CN1CCOCC1)c1ccccc1. The van der Waals surface area contributed by atoms with Gasteiger partial charge in [-0.1, -0.05) is 60.7 Å². The van der Waals surface area contributed by atoms with Crippen molar-refractivity contribution in [3.8, 4) is 11.4 Å². The molecule has 0 saturated carbocycles. The number of tetrazole rings is 1. The molecule has 8 heteroatoms. The van der Waals surface area contributed by atoms with Gasteiger partial charge in [0.2, 0.25) is 11.7 Å². The first-order chi connectivity index (χ1) is 14.3. The average molecular weight is 392 g/mol. The number of aromatic nitrogens is 4. The molecule has 0 aliphatic carbocycles. The minimum atomic E-state index is -0.149. The zero-order chi connectivity index (χ0) is 19.9. The quantitative estimate of drug-likeness (QED) is 0.656. The van der Waals surface area contributed by atoms with Gasteiger partial charge in [-0.3, -0.25) is 9.69 Å². The summed E-state index contributed by atoms with van der Waals surface area (Å²) in [6.07, 6.45) is 0. The maximum atomic E-state index is 12.7. The molecule has 1 saturated heterocycles. The van der Waals surface area contributed by atoms with E-state index >= 15 is 0 Å². The molecule has 0 radical (unpaired) electrons. The van der Waals surface area contributed by atoms with E-state index in [1.807, 2.05) is 60.7 Å². The van der Waals surface area contributed by atoms with Crippen LogP contribution < -0.4 is 5.32 Å². The van der Waals surface area contributed by atoms with Gasteiger partial charge in [-0.15, -0.1) is 10.2 Å². The molecule has 3 aromatic rings. The Kier molecular flexibility index (Phi) is 6.23. The molecular weight excluding hydrogens is 368 g/mol. The van der Waals surface area contributed by atoms with E-state index in [1.54, 1.807) is 0 Å². The van der Waals surface area contributed by atoms with Crippen LogP contribution in [0.3, 0.4) is 0 Å². The number of ether oxygens (including phenoxy) is 1. The van der Waals surface area contributed by atoms with Crippen molar-refractivity contribution >= 4 is 5.91 Å². The molecule has 1 aliphatic heterocycles. The molecule has 1 N–H and O–H groups in total. The molecular formula is C21H24N6O2. The summed E-state index contributed by atoms with van der Waals surface area (Å²) >= 11 is 0. The summed E-state index contributed by atoms with van der Waals surface area (Å²) in [5, 5.41) is 15.5. The van der Waals surface area contributed by atoms with Gasteiger partial charge in [-0.25, -0.2) is 0 Å². The van der Waals surface area contributed by atoms with E-state index in [4.69, 9.17) is 4.74 Å². The summed E-state index contributed by atoms with van der Waals surface area (Å²) in [7, 11) is 0. The number of hydrogen-bond acceptors (Lipinski definition) is 6. The summed E-state index contributed by atoms with van der Waals surface area (Å²) in [5.74, 6) is 0.357. The van der Waals surface area contributed by atoms with Crippen LogP contribution in [0, 0.1) is 0 Å². The second-order valence-corrected chi connectivity index (χ2v) is 6.95. The van der Waals surface area contributed by atoms with Gasteiger partial charge in [-0.2, -0.15) is 4.80 Å². The van der Waals surface area contributed by atoms with Crippen LogP contribution in [0.1, 0.15) is 11.6 Å². The van der Waals surface area contributed by atoms with E-state index in [0.717, 1.165) is 44.0 Å². The molecule has 150 valence electrons. The predicted octanol–water partition coefficient (Wildman–Crippen LogP) is 1.53. The second kappa shape index (κ2) is 9.40. The fraction of sp³-hybridized carbons (Fsp3) is 0.333. The summed E-state index contributed by atoms with van der Waals surface area (Å²) < 4.78 is 5.43. The van der Waals surface area contributed by atoms with Crippen LogP contribution in [0.15, 0.2) is 60.7 Å². The number of morpholine rings is 1. The number of nitrogens with one attached hydrogen (secondary N) is 1. The van der Waals surface area contributed by atoms with Gasteiger partial charge in [0, 0.05) is 25.2 Å². The van der Waals surface area contributed by atoms with Crippen molar-refractivity contribution < 1.29 is 9.53 Å². The first-order valence-electron chi connectivity index (χ1n) is 9.75. The summed E-state index contributed by atoms with van der Waals surface area (Å²) in [6, 6.07) is 19.5. The minimum absolute atomic E-state index is 0.0201. The van der Waals surface area contributed by atoms with Crippen LogP contribution in [0.25, 0.3) is 11.4 Å². The molecule has 0 spiro atoms. The summed E-state index contributed by atoms with van der Waals surface area (Å²) in [6.45, 7) is 3.93. The number of carbonyl (C=O) groups excluding carboxylic acids is 1. The maximum absolute atomic E-state index is 12.7. The Balaban J connectivity index is 1.41. The topological polar surface area (TPSA) is 85.2 Å². The van der Waals surface area contributed by atoms with Crippen molar-refractivity contribution in [3.63, 3.8) is 0 Å². The van der Waals surface area contributed by atoms with E-state index < -0.39 is 0 Å². The van der Waals surface area contributed by atoms with E-state index in [9.17, 15) is 4.79 Å². The number of hydrogen-bond donors (Lipinski definition) is 1. The molecule has 0 bridgehead atoms. The molecule has 1 aliphatic rings. The van der Waals surface area contributed by atoms with E-state index in [1.165, 1.54) is 4.80 Å². The van der Waals surface area contributed by atoms with Gasteiger partial charge < -0.3 is 10.1 Å². The smallest absolute Gasteiger partial charge is 0.244 e. The number of rotatable bonds is 7. The number of amides is 1. The van der Waals surface area contributed by atoms with Gasteiger partial charge in [-0.05, 0) is 10.8 Å². The van der Waals surface area contributed by atoms with Crippen LogP contribution in [-0.4, -0.2) is 63.9 Å². The maximum Gasteiger partial charge on any atom is 0.244 e. The lowest BCUT2D eigenvalue weighted by atomic mass is 10.1. The van der Waals surface area contributed by atoms with E-state index in [2.05, 4.69) is 25.6 Å². The molecule has 2 heterocycles. The highest BCUT2D eigenvalue weighted by atomic mass is 16.5. The highest BCUT2D eigenvalue weighted by Crippen LogP contribution is 2.16. The Bertz CT molecular complexity index is 909. The predicted molar refractivity (Wildman–Crippen MR) is 108 cm³/mol. The van der Waals surface area contributed by atoms with Crippen LogP contribution in [0.4, 0.5) is 0 Å². The standard InChI is InChI=1S/C21H24N6O2/c28-20(16-27-24-21(23-25-27)18-9-5-2-6-10-18)22-19(17-7-3-1-4-8-17)15-26-11-13-29-14-12-26/h1-10,19H,11-16H2,(H,22,28). The fourth-order valence-electron chi connectivity index (χ4n) is 3.34. The molecule has 1 unspecified atom stereocenters. The van der Waals surface area contributed by atoms with Gasteiger partial charge in [0.05, 0.1) is 19.3 Å². The first kappa shape index (κ1) is 19.2. The van der Waals surface area contributed by atoms with Crippen molar-refractivity contribution in [3.05, 3.63) is 66.2 Å². The number of nitrogens with zero attached hydrogens (tertiary/aromatic N) is 5. The Hall–Kier alpha value is -3.10. The molecule has 8 nitrogen and oxygen atoms in total. The molecule has 29 heavy (non-hydrogen) atoms. The molecule has 1 fully saturated rings. The Labute approximate surface area is 169 Å². The van der Waals surface area contributed by atoms with Gasteiger partial charge >= 0.3 is 0 Å². The van der Waals surface area contributed by atoms with Crippen LogP contribution in [-0.2, 0) is 16.1 Å². The van der Waals surface area contributed by atoms with E-state index in [0.29, 0.717) is 5.82 Å². The highest BCUT2D eigenvalue weighted by Gasteiger charge is 2.20. The minimum Gasteiger partial charge on any atom is -0.379 e. The van der Waals surface area contributed by atoms with Crippen LogP contribution >= 0.6 is 0 Å². The zero-order valence-corrected chi connectivity index (χ0v) is 16.1. The third-order valence-corrected chi connectivity index (χ3v) is 4.85. The lowest BCUT2D eigenvalue weighted by Crippen LogP contribution is -2.43. The zero-order valence-electron chi connectivity index (χ0n) is 16.1. The summed E-state index contributed by atoms with van der Waals surface area (Å²) in [4.78, 5) is 16.3. The first-order valence-corrected chi connectivity index (χ1v) is 9.75. The fourth-order valence-corrected chi connectivity index (χ4v) is 3.34. The van der Waals surface area contributed by atoms with Gasteiger partial charge in [0.1, 0.15) is 6.54 Å². The van der Waals surface area contributed by atoms with E-state index in [-0.39, 0.29) is 18.5 Å². The number of benzene rings is 2. The molecule has 2 aromatic carbocycles. The van der Waals surface area contributed by atoms with Crippen molar-refractivity contribution in [2.24, 2.45) is 0 Å². The third kappa shape index (κ3) is 5.24. The van der Waals surface area contributed by atoms with Crippen molar-refractivity contribution in [1.29, 1.82) is 0 Å². The molecule has 4 rings (SSSR count). The second-order valence-electron chi connectivity index (χ2n) is 6.95. The average Bonchev–Trinajstić information content (AvgIpc) is 3.24.